The maximum atomic E-state index is 2.50. The Hall–Kier alpha value is -4.94. The predicted molar refractivity (Wildman–Crippen MR) is 188 cm³/mol. The summed E-state index contributed by atoms with van der Waals surface area (Å²) in [6.07, 6.45) is 0. The van der Waals surface area contributed by atoms with Crippen molar-refractivity contribution in [1.29, 1.82) is 0 Å². The number of rotatable bonds is 1. The van der Waals surface area contributed by atoms with E-state index in [-0.39, 0.29) is 10.8 Å². The summed E-state index contributed by atoms with van der Waals surface area (Å²) in [6, 6.07) is 46.3. The number of hydrogen-bond donors (Lipinski definition) is 0. The number of hydrogen-bond acceptors (Lipinski definition) is 0. The van der Waals surface area contributed by atoms with Crippen molar-refractivity contribution >= 4 is 43.1 Å². The Bertz CT molecular complexity index is 2520. The molecule has 0 saturated heterocycles. The Kier molecular flexibility index (Phi) is 4.43. The van der Waals surface area contributed by atoms with Crippen molar-refractivity contribution in [3.05, 3.63) is 144 Å². The molecule has 0 aliphatic heterocycles. The van der Waals surface area contributed by atoms with E-state index in [1.165, 1.54) is 98.7 Å². The minimum atomic E-state index is -0.105. The van der Waals surface area contributed by atoms with Crippen LogP contribution in [0.25, 0.3) is 76.5 Å². The average Bonchev–Trinajstić information content (AvgIpc) is 3.42. The van der Waals surface area contributed by atoms with Crippen molar-refractivity contribution in [2.75, 3.05) is 0 Å². The first kappa shape index (κ1) is 24.5. The zero-order valence-electron chi connectivity index (χ0n) is 25.5. The van der Waals surface area contributed by atoms with Crippen LogP contribution >= 0.6 is 0 Å². The molecule has 0 aromatic heterocycles. The van der Waals surface area contributed by atoms with Crippen molar-refractivity contribution in [1.82, 2.24) is 0 Å². The molecular weight excluding hydrogens is 528 g/mol. The molecule has 0 saturated carbocycles. The molecule has 0 amide bonds. The zero-order valence-corrected chi connectivity index (χ0v) is 25.5. The van der Waals surface area contributed by atoms with Gasteiger partial charge < -0.3 is 0 Å². The first-order valence-corrected chi connectivity index (χ1v) is 15.9. The lowest BCUT2D eigenvalue weighted by molar-refractivity contribution is 0.661. The highest BCUT2D eigenvalue weighted by Crippen LogP contribution is 2.56. The van der Waals surface area contributed by atoms with Crippen LogP contribution in [0.15, 0.2) is 121 Å². The quantitative estimate of drug-likeness (QED) is 0.175. The van der Waals surface area contributed by atoms with E-state index in [2.05, 4.69) is 149 Å². The van der Waals surface area contributed by atoms with Crippen molar-refractivity contribution in [3.63, 3.8) is 0 Å². The summed E-state index contributed by atoms with van der Waals surface area (Å²) in [4.78, 5) is 0. The van der Waals surface area contributed by atoms with Gasteiger partial charge in [0.2, 0.25) is 0 Å². The van der Waals surface area contributed by atoms with E-state index >= 15 is 0 Å². The molecule has 0 radical (unpaired) electrons. The van der Waals surface area contributed by atoms with Gasteiger partial charge in [0.15, 0.2) is 0 Å². The summed E-state index contributed by atoms with van der Waals surface area (Å²) in [5.41, 5.74) is 13.8. The van der Waals surface area contributed by atoms with Gasteiger partial charge >= 0.3 is 0 Å². The third-order valence-corrected chi connectivity index (χ3v) is 11.2. The third kappa shape index (κ3) is 2.85. The van der Waals surface area contributed by atoms with Gasteiger partial charge in [-0.05, 0) is 117 Å². The van der Waals surface area contributed by atoms with Gasteiger partial charge in [0.05, 0.1) is 0 Å². The van der Waals surface area contributed by atoms with E-state index < -0.39 is 0 Å². The molecule has 44 heavy (non-hydrogen) atoms. The molecule has 0 heterocycles. The SMILES string of the molecule is CC1(C)c2cc(-c3cc4c(c5ccccc35)C(C)(C)c3ccccc3-4)ccc2-c2c1cc1ccc3cccc4ccc2c1c34. The van der Waals surface area contributed by atoms with Gasteiger partial charge in [-0.3, -0.25) is 0 Å². The smallest absolute Gasteiger partial charge is 0.0165 e. The molecule has 2 aliphatic rings. The molecule has 8 aromatic rings. The molecule has 10 rings (SSSR count). The van der Waals surface area contributed by atoms with Gasteiger partial charge in [0.25, 0.3) is 0 Å². The molecule has 8 aromatic carbocycles. The highest BCUT2D eigenvalue weighted by atomic mass is 14.4. The minimum absolute atomic E-state index is 0.0351. The van der Waals surface area contributed by atoms with Crippen LogP contribution in [0.2, 0.25) is 0 Å². The molecule has 0 fully saturated rings. The van der Waals surface area contributed by atoms with E-state index in [0.717, 1.165) is 0 Å². The second-order valence-electron chi connectivity index (χ2n) is 14.1. The molecule has 0 atom stereocenters. The van der Waals surface area contributed by atoms with Crippen molar-refractivity contribution in [2.24, 2.45) is 0 Å². The normalized spacial score (nSPS) is 15.6. The average molecular weight is 561 g/mol. The monoisotopic (exact) mass is 560 g/mol. The summed E-state index contributed by atoms with van der Waals surface area (Å²) in [6.45, 7) is 9.60. The summed E-state index contributed by atoms with van der Waals surface area (Å²) in [7, 11) is 0. The van der Waals surface area contributed by atoms with Crippen molar-refractivity contribution in [3.8, 4) is 33.4 Å². The van der Waals surface area contributed by atoms with E-state index in [0.29, 0.717) is 0 Å². The maximum Gasteiger partial charge on any atom is 0.0165 e. The van der Waals surface area contributed by atoms with Crippen LogP contribution in [0.3, 0.4) is 0 Å². The minimum Gasteiger partial charge on any atom is -0.0619 e. The molecule has 0 N–H and O–H groups in total. The molecule has 208 valence electrons. The van der Waals surface area contributed by atoms with Crippen molar-refractivity contribution < 1.29 is 0 Å². The molecule has 0 heteroatoms. The maximum absolute atomic E-state index is 2.50. The summed E-state index contributed by atoms with van der Waals surface area (Å²) < 4.78 is 0. The Labute approximate surface area is 257 Å². The molecule has 0 bridgehead atoms. The highest BCUT2D eigenvalue weighted by molar-refractivity contribution is 6.26. The van der Waals surface area contributed by atoms with Gasteiger partial charge in [-0.2, -0.15) is 0 Å². The van der Waals surface area contributed by atoms with E-state index in [1.807, 2.05) is 0 Å². The highest BCUT2D eigenvalue weighted by Gasteiger charge is 2.39. The Balaban J connectivity index is 1.25. The fourth-order valence-electron chi connectivity index (χ4n) is 9.08. The van der Waals surface area contributed by atoms with Crippen LogP contribution in [-0.2, 0) is 10.8 Å². The first-order valence-electron chi connectivity index (χ1n) is 15.9. The first-order chi connectivity index (χ1) is 21.3. The fourth-order valence-corrected chi connectivity index (χ4v) is 9.08. The second kappa shape index (κ2) is 7.96. The van der Waals surface area contributed by atoms with Crippen LogP contribution in [0.1, 0.15) is 49.9 Å². The van der Waals surface area contributed by atoms with E-state index in [1.54, 1.807) is 0 Å². The van der Waals surface area contributed by atoms with Crippen LogP contribution in [0.5, 0.6) is 0 Å². The Morgan fingerprint density at radius 2 is 1.11 bits per heavy atom. The van der Waals surface area contributed by atoms with Gasteiger partial charge in [-0.25, -0.2) is 0 Å². The molecule has 2 aliphatic carbocycles. The van der Waals surface area contributed by atoms with Crippen LogP contribution in [-0.4, -0.2) is 0 Å². The topological polar surface area (TPSA) is 0 Å². The summed E-state index contributed by atoms with van der Waals surface area (Å²) >= 11 is 0. The van der Waals surface area contributed by atoms with Gasteiger partial charge in [-0.1, -0.05) is 131 Å². The lowest BCUT2D eigenvalue weighted by atomic mass is 9.78. The second-order valence-corrected chi connectivity index (χ2v) is 14.1. The number of fused-ring (bicyclic) bond motifs is 9. The Morgan fingerprint density at radius 1 is 0.386 bits per heavy atom. The van der Waals surface area contributed by atoms with Crippen LogP contribution < -0.4 is 0 Å². The summed E-state index contributed by atoms with van der Waals surface area (Å²) in [5.74, 6) is 0. The van der Waals surface area contributed by atoms with Gasteiger partial charge in [0, 0.05) is 10.8 Å². The van der Waals surface area contributed by atoms with E-state index in [4.69, 9.17) is 0 Å². The van der Waals surface area contributed by atoms with Gasteiger partial charge in [0.1, 0.15) is 0 Å². The predicted octanol–water partition coefficient (Wildman–Crippen LogP) is 12.0. The summed E-state index contributed by atoms with van der Waals surface area (Å²) in [5, 5.41) is 10.9. The molecule has 0 spiro atoms. The molecular formula is C44H32. The van der Waals surface area contributed by atoms with Crippen LogP contribution in [0.4, 0.5) is 0 Å². The lowest BCUT2D eigenvalue weighted by Crippen LogP contribution is -2.15. The fraction of sp³-hybridized carbons (Fsp3) is 0.136. The third-order valence-electron chi connectivity index (χ3n) is 11.2. The van der Waals surface area contributed by atoms with Crippen molar-refractivity contribution in [2.45, 2.75) is 38.5 Å². The van der Waals surface area contributed by atoms with Crippen LogP contribution in [0, 0.1) is 0 Å². The lowest BCUT2D eigenvalue weighted by Gasteiger charge is -2.25. The number of benzene rings is 8. The standard InChI is InChI=1S/C44H32/c1-43(2)37-22-27(34-24-35-30-13-7-8-15-36(30)44(3,4)42(35)31-14-6-5-12-29(31)34)19-20-32(37)41-33-21-18-26-11-9-10-25-16-17-28(23-38(41)43)40(33)39(25)26/h5-24H,1-4H3. The largest absolute Gasteiger partial charge is 0.0619 e. The van der Waals surface area contributed by atoms with Gasteiger partial charge in [-0.15, -0.1) is 0 Å². The molecule has 0 unspecified atom stereocenters. The zero-order chi connectivity index (χ0) is 29.5. The molecule has 0 nitrogen and oxygen atoms in total. The van der Waals surface area contributed by atoms with E-state index in [9.17, 15) is 0 Å². The Morgan fingerprint density at radius 3 is 1.95 bits per heavy atom.